The fourth-order valence-corrected chi connectivity index (χ4v) is 6.11. The summed E-state index contributed by atoms with van der Waals surface area (Å²) in [5.74, 6) is -1.50. The van der Waals surface area contributed by atoms with Gasteiger partial charge in [-0.05, 0) is 55.0 Å². The molecule has 3 N–H and O–H groups in total. The van der Waals surface area contributed by atoms with Gasteiger partial charge in [0, 0.05) is 27.6 Å². The Labute approximate surface area is 272 Å². The number of para-hydroxylation sites is 1. The molecule has 0 aliphatic carbocycles. The lowest BCUT2D eigenvalue weighted by Gasteiger charge is -2.17. The molecule has 3 amide bonds. The first-order valence-electron chi connectivity index (χ1n) is 13.9. The number of aromatic nitrogens is 1. The van der Waals surface area contributed by atoms with Crippen LogP contribution in [0.5, 0.6) is 0 Å². The van der Waals surface area contributed by atoms with Gasteiger partial charge in [0.1, 0.15) is 10.9 Å². The number of nitro groups is 1. The smallest absolute Gasteiger partial charge is 0.276 e. The van der Waals surface area contributed by atoms with Gasteiger partial charge in [0.05, 0.1) is 16.2 Å². The second-order valence-electron chi connectivity index (χ2n) is 9.87. The van der Waals surface area contributed by atoms with E-state index in [1.807, 2.05) is 48.7 Å². The molecule has 46 heavy (non-hydrogen) atoms. The zero-order valence-electron chi connectivity index (χ0n) is 24.4. The number of amides is 3. The van der Waals surface area contributed by atoms with E-state index in [0.717, 1.165) is 11.3 Å². The van der Waals surface area contributed by atoms with Gasteiger partial charge in [-0.3, -0.25) is 24.5 Å². The van der Waals surface area contributed by atoms with E-state index in [1.54, 1.807) is 54.6 Å². The number of rotatable bonds is 11. The number of nitrogens with zero attached hydrogens (tertiary/aromatic N) is 2. The van der Waals surface area contributed by atoms with Crippen molar-refractivity contribution in [1.82, 2.24) is 10.3 Å². The molecule has 0 aliphatic rings. The molecule has 1 unspecified atom stereocenters. The van der Waals surface area contributed by atoms with Crippen molar-refractivity contribution in [1.29, 1.82) is 0 Å². The predicted molar refractivity (Wildman–Crippen MR) is 181 cm³/mol. The van der Waals surface area contributed by atoms with Crippen molar-refractivity contribution in [2.24, 2.45) is 0 Å². The van der Waals surface area contributed by atoms with Crippen LogP contribution in [-0.4, -0.2) is 27.6 Å². The van der Waals surface area contributed by atoms with Crippen molar-refractivity contribution >= 4 is 63.4 Å². The summed E-state index contributed by atoms with van der Waals surface area (Å²) in [7, 11) is 0. The maximum atomic E-state index is 13.6. The summed E-state index contributed by atoms with van der Waals surface area (Å²) < 4.78 is 0. The van der Waals surface area contributed by atoms with E-state index in [-0.39, 0.29) is 22.9 Å². The number of hydrogen-bond donors (Lipinski definition) is 3. The second-order valence-corrected chi connectivity index (χ2v) is 11.9. The number of thiazole rings is 1. The summed E-state index contributed by atoms with van der Waals surface area (Å²) in [5, 5.41) is 21.6. The summed E-state index contributed by atoms with van der Waals surface area (Å²) in [4.78, 5) is 56.1. The molecule has 10 nitrogen and oxygen atoms in total. The third-order valence-electron chi connectivity index (χ3n) is 6.50. The number of carbonyl (C=O) groups excluding carboxylic acids is 3. The van der Waals surface area contributed by atoms with Crippen molar-refractivity contribution in [2.45, 2.75) is 17.1 Å². The Morgan fingerprint density at radius 3 is 2.28 bits per heavy atom. The maximum absolute atomic E-state index is 13.6. The second kappa shape index (κ2) is 14.9. The number of carbonyl (C=O) groups is 3. The molecule has 12 heteroatoms. The molecule has 230 valence electrons. The molecule has 1 heterocycles. The number of anilines is 2. The fourth-order valence-electron chi connectivity index (χ4n) is 4.34. The number of thioether (sulfide) groups is 1. The van der Waals surface area contributed by atoms with E-state index >= 15 is 0 Å². The van der Waals surface area contributed by atoms with Crippen molar-refractivity contribution < 1.29 is 19.3 Å². The van der Waals surface area contributed by atoms with Crippen molar-refractivity contribution in [2.75, 3.05) is 10.6 Å². The third-order valence-corrected chi connectivity index (χ3v) is 8.62. The largest absolute Gasteiger partial charge is 0.321 e. The molecule has 1 aromatic heterocycles. The minimum atomic E-state index is -0.693. The van der Waals surface area contributed by atoms with Gasteiger partial charge in [-0.2, -0.15) is 0 Å². The summed E-state index contributed by atoms with van der Waals surface area (Å²) in [6.07, 6.45) is 1.27. The van der Waals surface area contributed by atoms with E-state index < -0.39 is 22.0 Å². The van der Waals surface area contributed by atoms with E-state index in [9.17, 15) is 24.5 Å². The SMILES string of the molecule is Cc1csc(NC(=O)C(Sc2cccc(NC(=O)/C(=C\c3ccccc3[N+](=O)[O-])NC(=O)c3ccccc3)c2)c2ccccc2)n1. The van der Waals surface area contributed by atoms with Crippen LogP contribution in [0, 0.1) is 17.0 Å². The molecular formula is C34H27N5O5S2. The number of benzene rings is 4. The Bertz CT molecular complexity index is 1910. The molecule has 5 rings (SSSR count). The van der Waals surface area contributed by atoms with Gasteiger partial charge in [0.25, 0.3) is 17.5 Å². The molecule has 5 aromatic rings. The van der Waals surface area contributed by atoms with Gasteiger partial charge in [-0.25, -0.2) is 4.98 Å². The zero-order valence-corrected chi connectivity index (χ0v) is 26.0. The van der Waals surface area contributed by atoms with Gasteiger partial charge in [0.15, 0.2) is 5.13 Å². The van der Waals surface area contributed by atoms with E-state index in [4.69, 9.17) is 0 Å². The normalized spacial score (nSPS) is 11.7. The van der Waals surface area contributed by atoms with Crippen LogP contribution >= 0.6 is 23.1 Å². The van der Waals surface area contributed by atoms with Crippen LogP contribution in [0.2, 0.25) is 0 Å². The highest BCUT2D eigenvalue weighted by molar-refractivity contribution is 8.00. The quantitative estimate of drug-likeness (QED) is 0.0592. The minimum absolute atomic E-state index is 0.141. The molecule has 0 radical (unpaired) electrons. The van der Waals surface area contributed by atoms with Crippen LogP contribution in [0.15, 0.2) is 125 Å². The number of aryl methyl sites for hydroxylation is 1. The highest BCUT2D eigenvalue weighted by Gasteiger charge is 2.24. The van der Waals surface area contributed by atoms with Crippen LogP contribution in [0.25, 0.3) is 6.08 Å². The first-order chi connectivity index (χ1) is 22.3. The summed E-state index contributed by atoms with van der Waals surface area (Å²) in [5.41, 5.74) is 2.01. The van der Waals surface area contributed by atoms with E-state index in [0.29, 0.717) is 21.3 Å². The average molecular weight is 650 g/mol. The molecule has 0 aliphatic heterocycles. The Kier molecular flexibility index (Phi) is 10.3. The van der Waals surface area contributed by atoms with E-state index in [2.05, 4.69) is 20.9 Å². The zero-order chi connectivity index (χ0) is 32.5. The van der Waals surface area contributed by atoms with Crippen LogP contribution in [0.1, 0.15) is 32.4 Å². The number of hydrogen-bond acceptors (Lipinski definition) is 8. The summed E-state index contributed by atoms with van der Waals surface area (Å²) in [6.45, 7) is 1.85. The van der Waals surface area contributed by atoms with Crippen LogP contribution in [0.3, 0.4) is 0 Å². The highest BCUT2D eigenvalue weighted by atomic mass is 32.2. The van der Waals surface area contributed by atoms with Crippen LogP contribution in [-0.2, 0) is 9.59 Å². The monoisotopic (exact) mass is 649 g/mol. The standard InChI is InChI=1S/C34H27N5O5S2/c1-22-21-45-34(35-22)38-33(42)30(23-11-4-2-5-12-23)46-27-17-10-16-26(20-27)36-32(41)28(37-31(40)24-13-6-3-7-14-24)19-25-15-8-9-18-29(25)39(43)44/h2-21,30H,1H3,(H,36,41)(H,37,40)(H,35,38,42)/b28-19+. The molecular weight excluding hydrogens is 623 g/mol. The van der Waals surface area contributed by atoms with Gasteiger partial charge in [-0.1, -0.05) is 66.7 Å². The van der Waals surface area contributed by atoms with Gasteiger partial charge in [-0.15, -0.1) is 23.1 Å². The Morgan fingerprint density at radius 2 is 1.59 bits per heavy atom. The molecule has 0 spiro atoms. The Balaban J connectivity index is 1.40. The van der Waals surface area contributed by atoms with Crippen molar-refractivity contribution in [3.63, 3.8) is 0 Å². The molecule has 0 saturated heterocycles. The van der Waals surface area contributed by atoms with Crippen LogP contribution in [0.4, 0.5) is 16.5 Å². The average Bonchev–Trinajstić information content (AvgIpc) is 3.48. The first kappa shape index (κ1) is 31.8. The fraction of sp³-hybridized carbons (Fsp3) is 0.0588. The summed E-state index contributed by atoms with van der Waals surface area (Å²) >= 11 is 2.64. The molecule has 1 atom stereocenters. The van der Waals surface area contributed by atoms with Gasteiger partial charge >= 0.3 is 0 Å². The van der Waals surface area contributed by atoms with Crippen molar-refractivity contribution in [3.8, 4) is 0 Å². The predicted octanol–water partition coefficient (Wildman–Crippen LogP) is 7.24. The number of nitro benzene ring substituents is 1. The van der Waals surface area contributed by atoms with E-state index in [1.165, 1.54) is 47.4 Å². The molecule has 0 bridgehead atoms. The molecule has 0 saturated carbocycles. The Morgan fingerprint density at radius 1 is 0.891 bits per heavy atom. The van der Waals surface area contributed by atoms with Crippen LogP contribution < -0.4 is 16.0 Å². The van der Waals surface area contributed by atoms with Gasteiger partial charge < -0.3 is 16.0 Å². The molecule has 4 aromatic carbocycles. The minimum Gasteiger partial charge on any atom is -0.321 e. The Hall–Kier alpha value is -5.59. The molecule has 0 fully saturated rings. The maximum Gasteiger partial charge on any atom is 0.276 e. The van der Waals surface area contributed by atoms with Gasteiger partial charge in [0.2, 0.25) is 5.91 Å². The topological polar surface area (TPSA) is 143 Å². The lowest BCUT2D eigenvalue weighted by Crippen LogP contribution is -2.30. The van der Waals surface area contributed by atoms with Crippen molar-refractivity contribution in [3.05, 3.63) is 153 Å². The number of nitrogens with one attached hydrogen (secondary N) is 3. The third kappa shape index (κ3) is 8.31. The highest BCUT2D eigenvalue weighted by Crippen LogP contribution is 2.37. The lowest BCUT2D eigenvalue weighted by molar-refractivity contribution is -0.385. The first-order valence-corrected chi connectivity index (χ1v) is 15.7. The summed E-state index contributed by atoms with van der Waals surface area (Å²) in [6, 6.07) is 30.5. The lowest BCUT2D eigenvalue weighted by atomic mass is 10.1.